The van der Waals surface area contributed by atoms with Crippen molar-refractivity contribution in [2.24, 2.45) is 0 Å². The molecule has 2 heterocycles. The molecule has 0 saturated carbocycles. The number of amides is 1. The highest BCUT2D eigenvalue weighted by molar-refractivity contribution is 5.73. The topological polar surface area (TPSA) is 49.3 Å². The molecule has 2 aliphatic rings. The Labute approximate surface area is 167 Å². The minimum Gasteiger partial charge on any atom is -0.335 e. The molecule has 0 unspecified atom stereocenters. The number of aryl methyl sites for hydroxylation is 1. The highest BCUT2D eigenvalue weighted by Gasteiger charge is 2.30. The minimum atomic E-state index is 0.144. The molecule has 5 heteroatoms. The molecule has 1 aromatic heterocycles. The summed E-state index contributed by atoms with van der Waals surface area (Å²) in [7, 11) is 0. The van der Waals surface area contributed by atoms with Crippen LogP contribution in [0.25, 0.3) is 0 Å². The Morgan fingerprint density at radius 1 is 1.11 bits per heavy atom. The van der Waals surface area contributed by atoms with Crippen molar-refractivity contribution in [3.63, 3.8) is 0 Å². The SMILES string of the molecule is CC(=O)N(Cc1cncnc1)[C@@H]1CCCN([C@H]2CCCc3ccccc32)CC1. The lowest BCUT2D eigenvalue weighted by Gasteiger charge is -2.35. The molecule has 1 aliphatic heterocycles. The first-order valence-electron chi connectivity index (χ1n) is 10.6. The van der Waals surface area contributed by atoms with E-state index in [2.05, 4.69) is 39.1 Å². The van der Waals surface area contributed by atoms with Crippen molar-refractivity contribution in [1.29, 1.82) is 0 Å². The van der Waals surface area contributed by atoms with Crippen LogP contribution in [0.3, 0.4) is 0 Å². The number of aromatic nitrogens is 2. The summed E-state index contributed by atoms with van der Waals surface area (Å²) in [4.78, 5) is 25.3. The number of hydrogen-bond donors (Lipinski definition) is 0. The molecule has 4 rings (SSSR count). The quantitative estimate of drug-likeness (QED) is 0.813. The molecule has 148 valence electrons. The van der Waals surface area contributed by atoms with E-state index in [4.69, 9.17) is 0 Å². The van der Waals surface area contributed by atoms with Crippen LogP contribution < -0.4 is 0 Å². The zero-order chi connectivity index (χ0) is 19.3. The molecule has 2 aromatic rings. The van der Waals surface area contributed by atoms with Crippen molar-refractivity contribution < 1.29 is 4.79 Å². The molecular formula is C23H30N4O. The van der Waals surface area contributed by atoms with E-state index in [1.54, 1.807) is 6.92 Å². The van der Waals surface area contributed by atoms with Crippen LogP contribution in [0.2, 0.25) is 0 Å². The third-order valence-electron chi connectivity index (χ3n) is 6.32. The van der Waals surface area contributed by atoms with Gasteiger partial charge in [-0.25, -0.2) is 9.97 Å². The van der Waals surface area contributed by atoms with Gasteiger partial charge in [-0.15, -0.1) is 0 Å². The van der Waals surface area contributed by atoms with Crippen molar-refractivity contribution in [2.75, 3.05) is 13.1 Å². The molecule has 5 nitrogen and oxygen atoms in total. The summed E-state index contributed by atoms with van der Waals surface area (Å²) in [5.74, 6) is 0.144. The maximum atomic E-state index is 12.4. The van der Waals surface area contributed by atoms with Gasteiger partial charge in [-0.2, -0.15) is 0 Å². The summed E-state index contributed by atoms with van der Waals surface area (Å²) in [5.41, 5.74) is 4.05. The second-order valence-corrected chi connectivity index (χ2v) is 8.12. The molecule has 0 bridgehead atoms. The summed E-state index contributed by atoms with van der Waals surface area (Å²) < 4.78 is 0. The molecule has 0 spiro atoms. The van der Waals surface area contributed by atoms with Gasteiger partial charge in [-0.05, 0) is 56.2 Å². The fourth-order valence-corrected chi connectivity index (χ4v) is 4.94. The molecule has 1 saturated heterocycles. The van der Waals surface area contributed by atoms with Crippen LogP contribution >= 0.6 is 0 Å². The number of likely N-dealkylation sites (tertiary alicyclic amines) is 1. The number of nitrogens with zero attached hydrogens (tertiary/aromatic N) is 4. The fraction of sp³-hybridized carbons (Fsp3) is 0.522. The lowest BCUT2D eigenvalue weighted by atomic mass is 9.86. The molecule has 0 N–H and O–H groups in total. The molecule has 1 amide bonds. The highest BCUT2D eigenvalue weighted by atomic mass is 16.2. The van der Waals surface area contributed by atoms with Crippen LogP contribution in [0, 0.1) is 0 Å². The van der Waals surface area contributed by atoms with Crippen LogP contribution in [-0.4, -0.2) is 44.8 Å². The van der Waals surface area contributed by atoms with Gasteiger partial charge in [0.15, 0.2) is 0 Å². The average Bonchev–Trinajstić information content (AvgIpc) is 2.98. The first-order chi connectivity index (χ1) is 13.7. The highest BCUT2D eigenvalue weighted by Crippen LogP contribution is 2.35. The molecule has 1 aromatic carbocycles. The summed E-state index contributed by atoms with van der Waals surface area (Å²) in [6.07, 6.45) is 12.1. The Hall–Kier alpha value is -2.27. The summed E-state index contributed by atoms with van der Waals surface area (Å²) >= 11 is 0. The van der Waals surface area contributed by atoms with Crippen molar-refractivity contribution in [1.82, 2.24) is 19.8 Å². The van der Waals surface area contributed by atoms with Crippen molar-refractivity contribution in [3.05, 3.63) is 59.7 Å². The largest absolute Gasteiger partial charge is 0.335 e. The van der Waals surface area contributed by atoms with Gasteiger partial charge < -0.3 is 4.90 Å². The Morgan fingerprint density at radius 3 is 2.75 bits per heavy atom. The Morgan fingerprint density at radius 2 is 1.93 bits per heavy atom. The van der Waals surface area contributed by atoms with E-state index in [-0.39, 0.29) is 5.91 Å². The number of carbonyl (C=O) groups is 1. The second-order valence-electron chi connectivity index (χ2n) is 8.12. The van der Waals surface area contributed by atoms with Gasteiger partial charge in [0.1, 0.15) is 6.33 Å². The van der Waals surface area contributed by atoms with E-state index in [9.17, 15) is 4.79 Å². The third-order valence-corrected chi connectivity index (χ3v) is 6.32. The lowest BCUT2D eigenvalue weighted by Crippen LogP contribution is -2.39. The van der Waals surface area contributed by atoms with E-state index in [1.807, 2.05) is 17.3 Å². The molecular weight excluding hydrogens is 348 g/mol. The van der Waals surface area contributed by atoms with Crippen LogP contribution in [0.15, 0.2) is 43.0 Å². The van der Waals surface area contributed by atoms with Crippen LogP contribution in [-0.2, 0) is 17.8 Å². The monoisotopic (exact) mass is 378 g/mol. The van der Waals surface area contributed by atoms with E-state index in [0.717, 1.165) is 37.9 Å². The lowest BCUT2D eigenvalue weighted by molar-refractivity contribution is -0.132. The van der Waals surface area contributed by atoms with Gasteiger partial charge in [0.25, 0.3) is 0 Å². The Kier molecular flexibility index (Phi) is 6.01. The van der Waals surface area contributed by atoms with Crippen LogP contribution in [0.1, 0.15) is 61.8 Å². The van der Waals surface area contributed by atoms with Gasteiger partial charge in [-0.1, -0.05) is 24.3 Å². The predicted molar refractivity (Wildman–Crippen MR) is 110 cm³/mol. The number of hydrogen-bond acceptors (Lipinski definition) is 4. The zero-order valence-electron chi connectivity index (χ0n) is 16.8. The molecule has 0 radical (unpaired) electrons. The van der Waals surface area contributed by atoms with Crippen molar-refractivity contribution in [2.45, 2.75) is 64.1 Å². The standard InChI is InChI=1S/C23H30N4O/c1-18(28)27(16-19-14-24-17-25-15-19)21-8-5-12-26(13-11-21)23-10-4-7-20-6-2-3-9-22(20)23/h2-3,6,9,14-15,17,21,23H,4-5,7-8,10-13,16H2,1H3/t21-,23+/m1/s1. The van der Waals surface area contributed by atoms with Crippen molar-refractivity contribution in [3.8, 4) is 0 Å². The number of carbonyl (C=O) groups excluding carboxylic acids is 1. The maximum Gasteiger partial charge on any atom is 0.219 e. The van der Waals surface area contributed by atoms with E-state index < -0.39 is 0 Å². The van der Waals surface area contributed by atoms with Gasteiger partial charge in [0, 0.05) is 50.1 Å². The van der Waals surface area contributed by atoms with Gasteiger partial charge in [0.2, 0.25) is 5.91 Å². The summed E-state index contributed by atoms with van der Waals surface area (Å²) in [6, 6.07) is 9.79. The fourth-order valence-electron chi connectivity index (χ4n) is 4.94. The Bertz CT molecular complexity index is 794. The number of fused-ring (bicyclic) bond motifs is 1. The first kappa shape index (κ1) is 19.1. The smallest absolute Gasteiger partial charge is 0.219 e. The summed E-state index contributed by atoms with van der Waals surface area (Å²) in [6.45, 7) is 4.46. The predicted octanol–water partition coefficient (Wildman–Crippen LogP) is 3.76. The van der Waals surface area contributed by atoms with E-state index in [1.165, 1.54) is 36.7 Å². The number of rotatable bonds is 4. The first-order valence-corrected chi connectivity index (χ1v) is 10.6. The zero-order valence-corrected chi connectivity index (χ0v) is 16.8. The third kappa shape index (κ3) is 4.25. The molecule has 1 fully saturated rings. The van der Waals surface area contributed by atoms with Crippen LogP contribution in [0.5, 0.6) is 0 Å². The average molecular weight is 379 g/mol. The maximum absolute atomic E-state index is 12.4. The van der Waals surface area contributed by atoms with Crippen molar-refractivity contribution >= 4 is 5.91 Å². The van der Waals surface area contributed by atoms with Crippen LogP contribution in [0.4, 0.5) is 0 Å². The van der Waals surface area contributed by atoms with Gasteiger partial charge in [0.05, 0.1) is 0 Å². The second kappa shape index (κ2) is 8.82. The molecule has 2 atom stereocenters. The van der Waals surface area contributed by atoms with E-state index >= 15 is 0 Å². The molecule has 1 aliphatic carbocycles. The normalized spacial score (nSPS) is 22.9. The van der Waals surface area contributed by atoms with Gasteiger partial charge >= 0.3 is 0 Å². The molecule has 28 heavy (non-hydrogen) atoms. The number of benzene rings is 1. The minimum absolute atomic E-state index is 0.144. The Balaban J connectivity index is 1.45. The van der Waals surface area contributed by atoms with E-state index in [0.29, 0.717) is 18.6 Å². The van der Waals surface area contributed by atoms with Gasteiger partial charge in [-0.3, -0.25) is 9.69 Å². The summed E-state index contributed by atoms with van der Waals surface area (Å²) in [5, 5.41) is 0.